The summed E-state index contributed by atoms with van der Waals surface area (Å²) in [5, 5.41) is 4.49. The number of hydrogen-bond donors (Lipinski definition) is 1. The topological polar surface area (TPSA) is 34.1 Å². The molecule has 3 nitrogen and oxygen atoms in total. The first-order valence-electron chi connectivity index (χ1n) is 6.65. The number of aromatic nitrogens is 1. The Kier molecular flexibility index (Phi) is 3.88. The molecule has 100 valence electrons. The Balaban J connectivity index is 1.91. The van der Waals surface area contributed by atoms with E-state index in [2.05, 4.69) is 58.0 Å². The van der Waals surface area contributed by atoms with Crippen molar-refractivity contribution >= 4 is 33.5 Å². The number of halogens is 1. The Bertz CT molecular complexity index is 581. The van der Waals surface area contributed by atoms with Gasteiger partial charge in [-0.3, -0.25) is 4.98 Å². The van der Waals surface area contributed by atoms with Crippen molar-refractivity contribution < 1.29 is 4.74 Å². The summed E-state index contributed by atoms with van der Waals surface area (Å²) in [5.74, 6) is 1.55. The molecule has 1 aromatic carbocycles. The lowest BCUT2D eigenvalue weighted by Crippen LogP contribution is -2.25. The fourth-order valence-electron chi connectivity index (χ4n) is 2.59. The molecule has 4 heteroatoms. The molecule has 0 saturated carbocycles. The van der Waals surface area contributed by atoms with E-state index in [1.165, 1.54) is 6.42 Å². The predicted molar refractivity (Wildman–Crippen MR) is 85.5 cm³/mol. The number of benzene rings is 1. The van der Waals surface area contributed by atoms with Crippen LogP contribution in [0.1, 0.15) is 13.3 Å². The van der Waals surface area contributed by atoms with Crippen molar-refractivity contribution in [2.75, 3.05) is 13.1 Å². The lowest BCUT2D eigenvalue weighted by molar-refractivity contribution is 0.163. The van der Waals surface area contributed by atoms with Crippen LogP contribution < -0.4 is 10.1 Å². The van der Waals surface area contributed by atoms with Crippen molar-refractivity contribution in [2.24, 2.45) is 5.92 Å². The first-order valence-corrected chi connectivity index (χ1v) is 7.73. The summed E-state index contributed by atoms with van der Waals surface area (Å²) in [4.78, 5) is 4.41. The minimum atomic E-state index is 0.233. The number of nitrogens with one attached hydrogen (secondary N) is 1. The zero-order valence-corrected chi connectivity index (χ0v) is 13.1. The van der Waals surface area contributed by atoms with Gasteiger partial charge in [0.1, 0.15) is 5.75 Å². The standard InChI is InChI=1S/C15H17IN2O/c1-10(11-4-6-17-9-11)19-15-8-12(16)7-14-13(15)3-2-5-18-14/h2-3,5,7-8,10-11,17H,4,6,9H2,1H3/t10-,11-/m1/s1. The van der Waals surface area contributed by atoms with Gasteiger partial charge in [-0.25, -0.2) is 0 Å². The van der Waals surface area contributed by atoms with Crippen molar-refractivity contribution in [1.82, 2.24) is 10.3 Å². The molecule has 0 spiro atoms. The highest BCUT2D eigenvalue weighted by Crippen LogP contribution is 2.29. The zero-order chi connectivity index (χ0) is 13.2. The van der Waals surface area contributed by atoms with Crippen LogP contribution in [0.15, 0.2) is 30.5 Å². The maximum absolute atomic E-state index is 6.21. The van der Waals surface area contributed by atoms with Gasteiger partial charge in [-0.15, -0.1) is 0 Å². The van der Waals surface area contributed by atoms with E-state index in [0.717, 1.165) is 33.3 Å². The highest BCUT2D eigenvalue weighted by atomic mass is 127. The molecular formula is C15H17IN2O. The van der Waals surface area contributed by atoms with Crippen LogP contribution >= 0.6 is 22.6 Å². The second kappa shape index (κ2) is 5.63. The Morgan fingerprint density at radius 2 is 2.37 bits per heavy atom. The molecule has 2 aromatic rings. The minimum absolute atomic E-state index is 0.233. The van der Waals surface area contributed by atoms with Crippen LogP contribution in [0.3, 0.4) is 0 Å². The summed E-state index contributed by atoms with van der Waals surface area (Å²) < 4.78 is 7.37. The van der Waals surface area contributed by atoms with E-state index in [1.807, 2.05) is 12.3 Å². The highest BCUT2D eigenvalue weighted by molar-refractivity contribution is 14.1. The number of ether oxygens (including phenoxy) is 1. The molecule has 3 rings (SSSR count). The maximum Gasteiger partial charge on any atom is 0.130 e. The van der Waals surface area contributed by atoms with E-state index < -0.39 is 0 Å². The van der Waals surface area contributed by atoms with Crippen molar-refractivity contribution in [2.45, 2.75) is 19.4 Å². The number of rotatable bonds is 3. The van der Waals surface area contributed by atoms with Crippen molar-refractivity contribution in [3.05, 3.63) is 34.0 Å². The van der Waals surface area contributed by atoms with Crippen LogP contribution in [-0.2, 0) is 0 Å². The molecule has 0 aliphatic carbocycles. The predicted octanol–water partition coefficient (Wildman–Crippen LogP) is 3.22. The molecule has 2 atom stereocenters. The number of pyridine rings is 1. The minimum Gasteiger partial charge on any atom is -0.490 e. The van der Waals surface area contributed by atoms with E-state index in [4.69, 9.17) is 4.74 Å². The molecule has 1 saturated heterocycles. The summed E-state index contributed by atoms with van der Waals surface area (Å²) >= 11 is 2.32. The second-order valence-electron chi connectivity index (χ2n) is 5.05. The summed E-state index contributed by atoms with van der Waals surface area (Å²) in [6.45, 7) is 4.33. The Morgan fingerprint density at radius 1 is 1.47 bits per heavy atom. The molecule has 1 fully saturated rings. The van der Waals surface area contributed by atoms with E-state index in [-0.39, 0.29) is 6.10 Å². The Hall–Kier alpha value is -0.880. The number of nitrogens with zero attached hydrogens (tertiary/aromatic N) is 1. The number of fused-ring (bicyclic) bond motifs is 1. The third kappa shape index (κ3) is 2.84. The van der Waals surface area contributed by atoms with Crippen LogP contribution in [0, 0.1) is 9.49 Å². The van der Waals surface area contributed by atoms with Crippen LogP contribution in [0.25, 0.3) is 10.9 Å². The van der Waals surface area contributed by atoms with Crippen molar-refractivity contribution in [3.63, 3.8) is 0 Å². The van der Waals surface area contributed by atoms with Crippen LogP contribution in [-0.4, -0.2) is 24.2 Å². The molecule has 1 aliphatic heterocycles. The lowest BCUT2D eigenvalue weighted by Gasteiger charge is -2.21. The lowest BCUT2D eigenvalue weighted by atomic mass is 10.0. The van der Waals surface area contributed by atoms with Crippen LogP contribution in [0.5, 0.6) is 5.75 Å². The maximum atomic E-state index is 6.21. The first-order chi connectivity index (χ1) is 9.24. The molecule has 1 N–H and O–H groups in total. The molecular weight excluding hydrogens is 351 g/mol. The van der Waals surface area contributed by atoms with Gasteiger partial charge in [0.15, 0.2) is 0 Å². The van der Waals surface area contributed by atoms with Gasteiger partial charge in [-0.2, -0.15) is 0 Å². The Labute approximate surface area is 126 Å². The van der Waals surface area contributed by atoms with Gasteiger partial charge in [0, 0.05) is 27.6 Å². The zero-order valence-electron chi connectivity index (χ0n) is 10.9. The average Bonchev–Trinajstić information content (AvgIpc) is 2.92. The summed E-state index contributed by atoms with van der Waals surface area (Å²) in [5.41, 5.74) is 1.00. The van der Waals surface area contributed by atoms with Crippen molar-refractivity contribution in [1.29, 1.82) is 0 Å². The summed E-state index contributed by atoms with van der Waals surface area (Å²) in [6, 6.07) is 8.23. The average molecular weight is 368 g/mol. The van der Waals surface area contributed by atoms with Gasteiger partial charge in [0.2, 0.25) is 0 Å². The van der Waals surface area contributed by atoms with E-state index in [9.17, 15) is 0 Å². The first kappa shape index (κ1) is 13.1. The highest BCUT2D eigenvalue weighted by Gasteiger charge is 2.23. The van der Waals surface area contributed by atoms with Crippen LogP contribution in [0.4, 0.5) is 0 Å². The van der Waals surface area contributed by atoms with Gasteiger partial charge in [-0.1, -0.05) is 0 Å². The molecule has 0 unspecified atom stereocenters. The largest absolute Gasteiger partial charge is 0.490 e. The monoisotopic (exact) mass is 368 g/mol. The van der Waals surface area contributed by atoms with Gasteiger partial charge in [-0.05, 0) is 66.7 Å². The summed E-state index contributed by atoms with van der Waals surface area (Å²) in [6.07, 6.45) is 3.25. The quantitative estimate of drug-likeness (QED) is 0.845. The molecule has 1 aromatic heterocycles. The van der Waals surface area contributed by atoms with E-state index in [1.54, 1.807) is 0 Å². The van der Waals surface area contributed by atoms with Gasteiger partial charge >= 0.3 is 0 Å². The van der Waals surface area contributed by atoms with Gasteiger partial charge < -0.3 is 10.1 Å². The van der Waals surface area contributed by atoms with Crippen LogP contribution in [0.2, 0.25) is 0 Å². The Morgan fingerprint density at radius 3 is 3.16 bits per heavy atom. The summed E-state index contributed by atoms with van der Waals surface area (Å²) in [7, 11) is 0. The normalized spacial score (nSPS) is 20.6. The smallest absolute Gasteiger partial charge is 0.130 e. The third-order valence-electron chi connectivity index (χ3n) is 3.72. The van der Waals surface area contributed by atoms with Crippen molar-refractivity contribution in [3.8, 4) is 5.75 Å². The molecule has 1 aliphatic rings. The van der Waals surface area contributed by atoms with E-state index >= 15 is 0 Å². The fourth-order valence-corrected chi connectivity index (χ4v) is 3.17. The molecule has 2 heterocycles. The molecule has 0 amide bonds. The molecule has 19 heavy (non-hydrogen) atoms. The van der Waals surface area contributed by atoms with Gasteiger partial charge in [0.25, 0.3) is 0 Å². The SMILES string of the molecule is C[C@@H](Oc1cc(I)cc2ncccc12)[C@@H]1CCNC1. The third-order valence-corrected chi connectivity index (χ3v) is 4.35. The molecule has 0 bridgehead atoms. The molecule has 0 radical (unpaired) electrons. The second-order valence-corrected chi connectivity index (χ2v) is 6.30. The fraction of sp³-hybridized carbons (Fsp3) is 0.400. The van der Waals surface area contributed by atoms with E-state index in [0.29, 0.717) is 5.92 Å². The number of hydrogen-bond acceptors (Lipinski definition) is 3. The van der Waals surface area contributed by atoms with Gasteiger partial charge in [0.05, 0.1) is 11.6 Å².